The molecule has 3 aromatic carbocycles. The van der Waals surface area contributed by atoms with E-state index in [1.54, 1.807) is 0 Å². The largest absolute Gasteiger partial charge is 0.355 e. The molecule has 4 rings (SSSR count). The van der Waals surface area contributed by atoms with Crippen molar-refractivity contribution in [1.29, 1.82) is 0 Å². The van der Waals surface area contributed by atoms with Gasteiger partial charge in [0, 0.05) is 11.4 Å². The number of aromatic nitrogens is 1. The zero-order valence-electron chi connectivity index (χ0n) is 14.8. The first-order valence-electron chi connectivity index (χ1n) is 9.09. The van der Waals surface area contributed by atoms with Crippen LogP contribution < -0.4 is 0 Å². The second-order valence-corrected chi connectivity index (χ2v) is 6.54. The summed E-state index contributed by atoms with van der Waals surface area (Å²) >= 11 is 0. The predicted molar refractivity (Wildman–Crippen MR) is 108 cm³/mol. The van der Waals surface area contributed by atoms with Crippen LogP contribution in [0.4, 0.5) is 0 Å². The van der Waals surface area contributed by atoms with Crippen molar-refractivity contribution in [1.82, 2.24) is 4.98 Å². The SMILES string of the molecule is CCc1ccc(-c2ccc(-c3ccc4cccc(CC)c4c3)[nH]2)cc1. The van der Waals surface area contributed by atoms with Gasteiger partial charge in [0.1, 0.15) is 0 Å². The number of hydrogen-bond donors (Lipinski definition) is 1. The average molecular weight is 325 g/mol. The number of aromatic amines is 1. The first-order chi connectivity index (χ1) is 12.3. The van der Waals surface area contributed by atoms with Gasteiger partial charge in [-0.25, -0.2) is 0 Å². The number of nitrogens with one attached hydrogen (secondary N) is 1. The Morgan fingerprint density at radius 3 is 2.12 bits per heavy atom. The lowest BCUT2D eigenvalue weighted by atomic mass is 9.99. The molecule has 1 N–H and O–H groups in total. The molecule has 124 valence electrons. The molecule has 4 aromatic rings. The standard InChI is InChI=1S/C24H23N/c1-3-17-8-10-20(11-9-17)23-14-15-24(25-23)21-13-12-19-7-5-6-18(4-2)22(19)16-21/h5-16,25H,3-4H2,1-2H3. The van der Waals surface area contributed by atoms with Gasteiger partial charge < -0.3 is 4.98 Å². The normalized spacial score (nSPS) is 11.1. The molecule has 0 saturated carbocycles. The van der Waals surface area contributed by atoms with Crippen molar-refractivity contribution in [2.24, 2.45) is 0 Å². The van der Waals surface area contributed by atoms with Crippen LogP contribution in [0.15, 0.2) is 72.8 Å². The maximum Gasteiger partial charge on any atom is 0.0458 e. The van der Waals surface area contributed by atoms with Gasteiger partial charge in [0.15, 0.2) is 0 Å². The number of hydrogen-bond acceptors (Lipinski definition) is 0. The molecule has 0 aliphatic carbocycles. The zero-order chi connectivity index (χ0) is 17.2. The van der Waals surface area contributed by atoms with E-state index in [0.29, 0.717) is 0 Å². The molecule has 1 aromatic heterocycles. The Bertz CT molecular complexity index is 1010. The fourth-order valence-electron chi connectivity index (χ4n) is 3.47. The molecule has 0 bridgehead atoms. The number of H-pyrrole nitrogens is 1. The topological polar surface area (TPSA) is 15.8 Å². The highest BCUT2D eigenvalue weighted by Crippen LogP contribution is 2.29. The van der Waals surface area contributed by atoms with E-state index in [4.69, 9.17) is 0 Å². The Balaban J connectivity index is 1.73. The summed E-state index contributed by atoms with van der Waals surface area (Å²) in [5.41, 5.74) is 7.59. The number of fused-ring (bicyclic) bond motifs is 1. The molecular weight excluding hydrogens is 302 g/mol. The number of aryl methyl sites for hydroxylation is 2. The van der Waals surface area contributed by atoms with Gasteiger partial charge in [-0.15, -0.1) is 0 Å². The second kappa shape index (κ2) is 6.60. The van der Waals surface area contributed by atoms with Gasteiger partial charge in [-0.05, 0) is 64.1 Å². The highest BCUT2D eigenvalue weighted by Gasteiger charge is 2.06. The Kier molecular flexibility index (Phi) is 4.15. The molecule has 0 unspecified atom stereocenters. The van der Waals surface area contributed by atoms with E-state index in [0.717, 1.165) is 12.8 Å². The summed E-state index contributed by atoms with van der Waals surface area (Å²) in [7, 11) is 0. The fourth-order valence-corrected chi connectivity index (χ4v) is 3.47. The van der Waals surface area contributed by atoms with E-state index < -0.39 is 0 Å². The molecule has 0 atom stereocenters. The Labute approximate surface area is 149 Å². The lowest BCUT2D eigenvalue weighted by Gasteiger charge is -2.07. The van der Waals surface area contributed by atoms with Gasteiger partial charge >= 0.3 is 0 Å². The molecule has 0 aliphatic rings. The van der Waals surface area contributed by atoms with Crippen LogP contribution in [-0.4, -0.2) is 4.98 Å². The third-order valence-corrected chi connectivity index (χ3v) is 5.02. The third kappa shape index (κ3) is 2.98. The van der Waals surface area contributed by atoms with E-state index in [2.05, 4.69) is 91.6 Å². The van der Waals surface area contributed by atoms with Crippen LogP contribution >= 0.6 is 0 Å². The van der Waals surface area contributed by atoms with Crippen LogP contribution in [0.5, 0.6) is 0 Å². The second-order valence-electron chi connectivity index (χ2n) is 6.54. The van der Waals surface area contributed by atoms with Crippen molar-refractivity contribution in [2.75, 3.05) is 0 Å². The molecule has 0 fully saturated rings. The predicted octanol–water partition coefficient (Wildman–Crippen LogP) is 6.63. The molecule has 0 saturated heterocycles. The van der Waals surface area contributed by atoms with E-state index in [-0.39, 0.29) is 0 Å². The first kappa shape index (κ1) is 15.7. The Morgan fingerprint density at radius 1 is 0.680 bits per heavy atom. The molecule has 1 nitrogen and oxygen atoms in total. The van der Waals surface area contributed by atoms with Gasteiger partial charge in [0.2, 0.25) is 0 Å². The van der Waals surface area contributed by atoms with Crippen LogP contribution in [0.25, 0.3) is 33.3 Å². The quantitative estimate of drug-likeness (QED) is 0.433. The van der Waals surface area contributed by atoms with E-state index >= 15 is 0 Å². The minimum absolute atomic E-state index is 1.06. The number of rotatable bonds is 4. The number of benzene rings is 3. The van der Waals surface area contributed by atoms with Crippen LogP contribution in [0.2, 0.25) is 0 Å². The zero-order valence-corrected chi connectivity index (χ0v) is 14.8. The maximum atomic E-state index is 3.59. The Hall–Kier alpha value is -2.80. The minimum atomic E-state index is 1.06. The first-order valence-corrected chi connectivity index (χ1v) is 9.09. The summed E-state index contributed by atoms with van der Waals surface area (Å²) in [6.07, 6.45) is 2.13. The van der Waals surface area contributed by atoms with Crippen molar-refractivity contribution in [3.63, 3.8) is 0 Å². The highest BCUT2D eigenvalue weighted by molar-refractivity contribution is 5.89. The van der Waals surface area contributed by atoms with Crippen molar-refractivity contribution in [3.05, 3.63) is 83.9 Å². The molecule has 0 radical (unpaired) electrons. The highest BCUT2D eigenvalue weighted by atomic mass is 14.7. The molecule has 0 aliphatic heterocycles. The summed E-state index contributed by atoms with van der Waals surface area (Å²) in [5, 5.41) is 2.66. The van der Waals surface area contributed by atoms with Crippen molar-refractivity contribution >= 4 is 10.8 Å². The smallest absolute Gasteiger partial charge is 0.0458 e. The summed E-state index contributed by atoms with van der Waals surface area (Å²) < 4.78 is 0. The summed E-state index contributed by atoms with van der Waals surface area (Å²) in [5.74, 6) is 0. The van der Waals surface area contributed by atoms with Crippen molar-refractivity contribution in [3.8, 4) is 22.5 Å². The maximum absolute atomic E-state index is 3.59. The monoisotopic (exact) mass is 325 g/mol. The van der Waals surface area contributed by atoms with E-state index in [9.17, 15) is 0 Å². The lowest BCUT2D eigenvalue weighted by Crippen LogP contribution is -1.86. The summed E-state index contributed by atoms with van der Waals surface area (Å²) in [6.45, 7) is 4.40. The van der Waals surface area contributed by atoms with E-state index in [1.165, 1.54) is 44.4 Å². The van der Waals surface area contributed by atoms with Crippen LogP contribution in [0.3, 0.4) is 0 Å². The molecule has 25 heavy (non-hydrogen) atoms. The average Bonchev–Trinajstić information content (AvgIpc) is 3.17. The van der Waals surface area contributed by atoms with E-state index in [1.807, 2.05) is 0 Å². The summed E-state index contributed by atoms with van der Waals surface area (Å²) in [4.78, 5) is 3.59. The Morgan fingerprint density at radius 2 is 1.40 bits per heavy atom. The van der Waals surface area contributed by atoms with Crippen molar-refractivity contribution in [2.45, 2.75) is 26.7 Å². The van der Waals surface area contributed by atoms with Gasteiger partial charge in [0.05, 0.1) is 0 Å². The molecule has 1 heteroatoms. The molecule has 0 amide bonds. The molecule has 1 heterocycles. The fraction of sp³-hybridized carbons (Fsp3) is 0.167. The lowest BCUT2D eigenvalue weighted by molar-refractivity contribution is 1.14. The minimum Gasteiger partial charge on any atom is -0.355 e. The van der Waals surface area contributed by atoms with Crippen LogP contribution in [0.1, 0.15) is 25.0 Å². The summed E-state index contributed by atoms with van der Waals surface area (Å²) in [6, 6.07) is 26.5. The molecular formula is C24H23N. The van der Waals surface area contributed by atoms with Gasteiger partial charge in [-0.1, -0.05) is 68.4 Å². The van der Waals surface area contributed by atoms with Gasteiger partial charge in [-0.3, -0.25) is 0 Å². The van der Waals surface area contributed by atoms with Crippen LogP contribution in [0, 0.1) is 0 Å². The van der Waals surface area contributed by atoms with Gasteiger partial charge in [0.25, 0.3) is 0 Å². The van der Waals surface area contributed by atoms with Gasteiger partial charge in [-0.2, -0.15) is 0 Å². The van der Waals surface area contributed by atoms with Crippen molar-refractivity contribution < 1.29 is 0 Å². The van der Waals surface area contributed by atoms with Crippen LogP contribution in [-0.2, 0) is 12.8 Å². The molecule has 0 spiro atoms. The third-order valence-electron chi connectivity index (χ3n) is 5.02.